The van der Waals surface area contributed by atoms with E-state index < -0.39 is 0 Å². The molecule has 0 aliphatic carbocycles. The van der Waals surface area contributed by atoms with Gasteiger partial charge in [-0.15, -0.1) is 0 Å². The molecular weight excluding hydrogens is 196 g/mol. The second-order valence-electron chi connectivity index (χ2n) is 6.68. The maximum atomic E-state index is 4.10. The molecule has 2 nitrogen and oxygen atoms in total. The standard InChI is InChI=1S/C14H25N2/c1-14(2,3)11-13(16(4,5)6)12-7-9-15-10-8-12/h7-10,13H,11H2,1-6H3/q+1. The van der Waals surface area contributed by atoms with E-state index in [1.165, 1.54) is 12.0 Å². The normalized spacial score (nSPS) is 14.9. The first kappa shape index (κ1) is 13.2. The van der Waals surface area contributed by atoms with E-state index in [9.17, 15) is 0 Å². The molecule has 1 atom stereocenters. The molecule has 0 fully saturated rings. The summed E-state index contributed by atoms with van der Waals surface area (Å²) in [6.45, 7) is 6.91. The van der Waals surface area contributed by atoms with E-state index in [1.807, 2.05) is 12.4 Å². The van der Waals surface area contributed by atoms with Crippen LogP contribution >= 0.6 is 0 Å². The van der Waals surface area contributed by atoms with E-state index >= 15 is 0 Å². The number of hydrogen-bond acceptors (Lipinski definition) is 1. The van der Waals surface area contributed by atoms with Crippen LogP contribution in [-0.4, -0.2) is 30.6 Å². The summed E-state index contributed by atoms with van der Waals surface area (Å²) in [6, 6.07) is 4.81. The molecule has 0 amide bonds. The Balaban J connectivity index is 2.98. The molecule has 0 saturated heterocycles. The molecule has 2 heteroatoms. The molecule has 0 spiro atoms. The van der Waals surface area contributed by atoms with Crippen LogP contribution in [0.4, 0.5) is 0 Å². The van der Waals surface area contributed by atoms with Crippen LogP contribution in [-0.2, 0) is 0 Å². The van der Waals surface area contributed by atoms with Crippen LogP contribution in [0.1, 0.15) is 38.8 Å². The second kappa shape index (κ2) is 4.54. The zero-order valence-electron chi connectivity index (χ0n) is 11.5. The maximum Gasteiger partial charge on any atom is 0.115 e. The van der Waals surface area contributed by atoms with Crippen LogP contribution in [0.2, 0.25) is 0 Å². The smallest absolute Gasteiger partial charge is 0.115 e. The Morgan fingerprint density at radius 1 is 1.12 bits per heavy atom. The van der Waals surface area contributed by atoms with Crippen molar-refractivity contribution in [3.63, 3.8) is 0 Å². The lowest BCUT2D eigenvalue weighted by Gasteiger charge is -2.38. The van der Waals surface area contributed by atoms with Gasteiger partial charge < -0.3 is 4.48 Å². The summed E-state index contributed by atoms with van der Waals surface area (Å²) in [4.78, 5) is 4.10. The maximum absolute atomic E-state index is 4.10. The molecule has 0 aliphatic heterocycles. The van der Waals surface area contributed by atoms with Gasteiger partial charge in [0.05, 0.1) is 21.1 Å². The fraction of sp³-hybridized carbons (Fsp3) is 0.643. The van der Waals surface area contributed by atoms with Crippen LogP contribution in [0.5, 0.6) is 0 Å². The van der Waals surface area contributed by atoms with E-state index in [-0.39, 0.29) is 0 Å². The van der Waals surface area contributed by atoms with E-state index in [0.29, 0.717) is 11.5 Å². The summed E-state index contributed by atoms with van der Waals surface area (Å²) in [5.41, 5.74) is 1.73. The fourth-order valence-corrected chi connectivity index (χ4v) is 2.00. The molecule has 90 valence electrons. The lowest BCUT2D eigenvalue weighted by Crippen LogP contribution is -2.40. The van der Waals surface area contributed by atoms with Gasteiger partial charge in [-0.25, -0.2) is 0 Å². The first-order valence-corrected chi connectivity index (χ1v) is 5.91. The third kappa shape index (κ3) is 3.93. The Bertz CT molecular complexity index is 317. The number of hydrogen-bond donors (Lipinski definition) is 0. The van der Waals surface area contributed by atoms with Crippen molar-refractivity contribution in [3.8, 4) is 0 Å². The van der Waals surface area contributed by atoms with Gasteiger partial charge in [-0.2, -0.15) is 0 Å². The lowest BCUT2D eigenvalue weighted by atomic mass is 9.84. The zero-order valence-corrected chi connectivity index (χ0v) is 11.5. The molecule has 1 rings (SSSR count). The molecule has 16 heavy (non-hydrogen) atoms. The van der Waals surface area contributed by atoms with Crippen molar-refractivity contribution >= 4 is 0 Å². The lowest BCUT2D eigenvalue weighted by molar-refractivity contribution is -0.903. The molecule has 1 aromatic rings. The molecule has 0 saturated carbocycles. The Morgan fingerprint density at radius 2 is 1.62 bits per heavy atom. The van der Waals surface area contributed by atoms with Crippen LogP contribution in [0, 0.1) is 5.41 Å². The predicted octanol–water partition coefficient (Wildman–Crippen LogP) is 3.27. The SMILES string of the molecule is CC(C)(C)CC(c1ccncc1)[N+](C)(C)C. The van der Waals surface area contributed by atoms with Crippen LogP contribution in [0.25, 0.3) is 0 Å². The Morgan fingerprint density at radius 3 is 2.00 bits per heavy atom. The largest absolute Gasteiger partial charge is 0.325 e. The topological polar surface area (TPSA) is 12.9 Å². The summed E-state index contributed by atoms with van der Waals surface area (Å²) in [5, 5.41) is 0. The molecule has 1 unspecified atom stereocenters. The number of nitrogens with zero attached hydrogens (tertiary/aromatic N) is 2. The highest BCUT2D eigenvalue weighted by atomic mass is 15.3. The minimum atomic E-state index is 0.347. The molecule has 0 aliphatic rings. The zero-order chi connectivity index (χ0) is 12.4. The number of pyridine rings is 1. The highest BCUT2D eigenvalue weighted by Crippen LogP contribution is 2.35. The molecule has 1 aromatic heterocycles. The monoisotopic (exact) mass is 221 g/mol. The number of aromatic nitrogens is 1. The van der Waals surface area contributed by atoms with Crippen molar-refractivity contribution in [1.29, 1.82) is 0 Å². The summed E-state index contributed by atoms with van der Waals surface area (Å²) >= 11 is 0. The number of quaternary nitrogens is 1. The molecular formula is C14H25N2+. The molecule has 0 aromatic carbocycles. The Kier molecular flexibility index (Phi) is 3.74. The second-order valence-corrected chi connectivity index (χ2v) is 6.68. The summed E-state index contributed by atoms with van der Waals surface area (Å²) in [5.74, 6) is 0. The average molecular weight is 221 g/mol. The Labute approximate surface area is 99.9 Å². The van der Waals surface area contributed by atoms with Crippen LogP contribution in [0.3, 0.4) is 0 Å². The first-order valence-electron chi connectivity index (χ1n) is 5.91. The van der Waals surface area contributed by atoms with Crippen LogP contribution < -0.4 is 0 Å². The van der Waals surface area contributed by atoms with Crippen molar-refractivity contribution in [3.05, 3.63) is 30.1 Å². The highest BCUT2D eigenvalue weighted by molar-refractivity contribution is 5.13. The summed E-state index contributed by atoms with van der Waals surface area (Å²) < 4.78 is 0.960. The number of rotatable bonds is 3. The van der Waals surface area contributed by atoms with Crippen molar-refractivity contribution < 1.29 is 4.48 Å². The van der Waals surface area contributed by atoms with Gasteiger partial charge in [-0.05, 0) is 17.5 Å². The van der Waals surface area contributed by atoms with Gasteiger partial charge in [-0.3, -0.25) is 4.98 Å². The van der Waals surface area contributed by atoms with Gasteiger partial charge in [0.1, 0.15) is 6.04 Å². The van der Waals surface area contributed by atoms with E-state index in [4.69, 9.17) is 0 Å². The van der Waals surface area contributed by atoms with E-state index in [2.05, 4.69) is 59.0 Å². The van der Waals surface area contributed by atoms with Crippen LogP contribution in [0.15, 0.2) is 24.5 Å². The van der Waals surface area contributed by atoms with E-state index in [1.54, 1.807) is 0 Å². The third-order valence-electron chi connectivity index (χ3n) is 2.83. The first-order chi connectivity index (χ1) is 7.20. The van der Waals surface area contributed by atoms with Gasteiger partial charge in [0, 0.05) is 24.4 Å². The molecule has 0 radical (unpaired) electrons. The van der Waals surface area contributed by atoms with Gasteiger partial charge in [0.25, 0.3) is 0 Å². The molecule has 1 heterocycles. The van der Waals surface area contributed by atoms with Gasteiger partial charge in [-0.1, -0.05) is 20.8 Å². The van der Waals surface area contributed by atoms with Crippen molar-refractivity contribution in [2.24, 2.45) is 5.41 Å². The van der Waals surface area contributed by atoms with Gasteiger partial charge in [0.15, 0.2) is 0 Å². The van der Waals surface area contributed by atoms with Crippen molar-refractivity contribution in [2.75, 3.05) is 21.1 Å². The van der Waals surface area contributed by atoms with Gasteiger partial charge >= 0.3 is 0 Å². The average Bonchev–Trinajstić information content (AvgIpc) is 2.13. The minimum Gasteiger partial charge on any atom is -0.325 e. The fourth-order valence-electron chi connectivity index (χ4n) is 2.00. The highest BCUT2D eigenvalue weighted by Gasteiger charge is 2.30. The predicted molar refractivity (Wildman–Crippen MR) is 69.1 cm³/mol. The van der Waals surface area contributed by atoms with Crippen molar-refractivity contribution in [2.45, 2.75) is 33.2 Å². The summed E-state index contributed by atoms with van der Waals surface area (Å²) in [6.07, 6.45) is 4.96. The van der Waals surface area contributed by atoms with E-state index in [0.717, 1.165) is 4.48 Å². The summed E-state index contributed by atoms with van der Waals surface area (Å²) in [7, 11) is 6.78. The van der Waals surface area contributed by atoms with Crippen molar-refractivity contribution in [1.82, 2.24) is 4.98 Å². The molecule has 0 bridgehead atoms. The minimum absolute atomic E-state index is 0.347. The third-order valence-corrected chi connectivity index (χ3v) is 2.83. The quantitative estimate of drug-likeness (QED) is 0.714. The molecule has 0 N–H and O–H groups in total. The van der Waals surface area contributed by atoms with Gasteiger partial charge in [0.2, 0.25) is 0 Å². The Hall–Kier alpha value is -0.890.